The molecule has 0 radical (unpaired) electrons. The van der Waals surface area contributed by atoms with Gasteiger partial charge in [0.25, 0.3) is 0 Å². The summed E-state index contributed by atoms with van der Waals surface area (Å²) in [5, 5.41) is 16.4. The molecule has 0 aliphatic rings. The molecule has 7 heavy (non-hydrogen) atoms. The summed E-state index contributed by atoms with van der Waals surface area (Å²) in [5.74, 6) is 0.562. The minimum Gasteiger partial charge on any atom is -0.713 e. The summed E-state index contributed by atoms with van der Waals surface area (Å²) in [7, 11) is 0. The van der Waals surface area contributed by atoms with Crippen LogP contribution in [0.15, 0.2) is 0 Å². The van der Waals surface area contributed by atoms with Gasteiger partial charge in [-0.15, -0.1) is 5.94 Å². The molecule has 0 aromatic carbocycles. The summed E-state index contributed by atoms with van der Waals surface area (Å²) in [6.07, 6.45) is 0. The van der Waals surface area contributed by atoms with Crippen LogP contribution >= 0.6 is 12.0 Å². The predicted octanol–water partition coefficient (Wildman–Crippen LogP) is -6.57. The fourth-order valence-electron chi connectivity index (χ4n) is 0.0176. The van der Waals surface area contributed by atoms with Gasteiger partial charge < -0.3 is 14.7 Å². The quantitative estimate of drug-likeness (QED) is 0.136. The first kappa shape index (κ1) is 16.1. The van der Waals surface area contributed by atoms with Crippen molar-refractivity contribution in [2.24, 2.45) is 0 Å². The van der Waals surface area contributed by atoms with Crippen LogP contribution in [0.1, 0.15) is 0 Å². The van der Waals surface area contributed by atoms with Crippen molar-refractivity contribution >= 4 is 12.0 Å². The van der Waals surface area contributed by atoms with Gasteiger partial charge in [-0.1, -0.05) is 0 Å². The summed E-state index contributed by atoms with van der Waals surface area (Å²) in [6.45, 7) is 0. The Bertz CT molecular complexity index is 20.4. The van der Waals surface area contributed by atoms with Crippen molar-refractivity contribution in [3.05, 3.63) is 5.94 Å². The molecule has 32 valence electrons. The first-order valence-corrected chi connectivity index (χ1v) is 1.63. The number of hydrogen-bond donors (Lipinski definition) is 1. The maximum Gasteiger partial charge on any atom is 1.00 e. The number of aliphatic hydroxyl groups is 1. The smallest absolute Gasteiger partial charge is 0.713 e. The predicted molar refractivity (Wildman–Crippen MR) is 14.9 cm³/mol. The van der Waals surface area contributed by atoms with Crippen LogP contribution in [0.5, 0.6) is 0 Å². The SMILES string of the molecule is [Na+].[Na+].[O-]OS[CH-]O. The molecule has 1 N–H and O–H groups in total. The molecule has 0 aromatic rings. The van der Waals surface area contributed by atoms with E-state index in [4.69, 9.17) is 10.4 Å². The zero-order valence-corrected chi connectivity index (χ0v) is 9.07. The molecule has 0 fully saturated rings. The third kappa shape index (κ3) is 17.9. The molecular formula is CH2Na2O3S. The van der Waals surface area contributed by atoms with Crippen LogP contribution in [0.4, 0.5) is 0 Å². The van der Waals surface area contributed by atoms with Crippen molar-refractivity contribution in [3.63, 3.8) is 0 Å². The Labute approximate surface area is 90.5 Å². The molecule has 0 heterocycles. The van der Waals surface area contributed by atoms with Crippen molar-refractivity contribution < 1.29 is 73.8 Å². The van der Waals surface area contributed by atoms with Crippen molar-refractivity contribution in [2.75, 3.05) is 0 Å². The van der Waals surface area contributed by atoms with E-state index >= 15 is 0 Å². The number of hydrogen-bond acceptors (Lipinski definition) is 4. The molecule has 0 bridgehead atoms. The Morgan fingerprint density at radius 2 is 2.00 bits per heavy atom. The molecule has 0 atom stereocenters. The van der Waals surface area contributed by atoms with Crippen LogP contribution in [0, 0.1) is 5.94 Å². The van der Waals surface area contributed by atoms with E-state index in [1.807, 2.05) is 0 Å². The summed E-state index contributed by atoms with van der Waals surface area (Å²) in [6, 6.07) is 0. The third-order valence-electron chi connectivity index (χ3n) is 0.0823. The van der Waals surface area contributed by atoms with Gasteiger partial charge in [0, 0.05) is 0 Å². The van der Waals surface area contributed by atoms with E-state index in [0.29, 0.717) is 18.0 Å². The van der Waals surface area contributed by atoms with Gasteiger partial charge in [-0.3, -0.25) is 0 Å². The van der Waals surface area contributed by atoms with Gasteiger partial charge in [0.15, 0.2) is 0 Å². The molecule has 3 nitrogen and oxygen atoms in total. The van der Waals surface area contributed by atoms with Gasteiger partial charge in [0.05, 0.1) is 0 Å². The molecule has 0 spiro atoms. The molecular weight excluding hydrogens is 138 g/mol. The molecule has 0 saturated carbocycles. The number of aliphatic hydroxyl groups excluding tert-OH is 1. The minimum absolute atomic E-state index is 0. The molecule has 0 aliphatic heterocycles. The Balaban J connectivity index is -0.0000000800. The fourth-order valence-corrected chi connectivity index (χ4v) is 0.0527. The van der Waals surface area contributed by atoms with Gasteiger partial charge in [-0.25, -0.2) is 0 Å². The van der Waals surface area contributed by atoms with Crippen LogP contribution in [0.3, 0.4) is 0 Å². The summed E-state index contributed by atoms with van der Waals surface area (Å²) in [4.78, 5) is 0. The molecule has 0 rings (SSSR count). The maximum absolute atomic E-state index is 8.80. The molecule has 0 amide bonds. The van der Waals surface area contributed by atoms with E-state index in [0.717, 1.165) is 0 Å². The molecule has 0 aromatic heterocycles. The third-order valence-corrected chi connectivity index (χ3v) is 0.247. The molecule has 6 heteroatoms. The van der Waals surface area contributed by atoms with Gasteiger partial charge in [0.2, 0.25) is 0 Å². The zero-order valence-electron chi connectivity index (χ0n) is 4.25. The Kier molecular flexibility index (Phi) is 36.2. The normalized spacial score (nSPS) is 6.00. The van der Waals surface area contributed by atoms with Crippen LogP contribution in [0.25, 0.3) is 0 Å². The molecule has 0 saturated heterocycles. The summed E-state index contributed by atoms with van der Waals surface area (Å²) in [5.41, 5.74) is 0. The average Bonchev–Trinajstić information content (AvgIpc) is 1.41. The Morgan fingerprint density at radius 1 is 1.57 bits per heavy atom. The van der Waals surface area contributed by atoms with E-state index < -0.39 is 0 Å². The minimum atomic E-state index is 0. The summed E-state index contributed by atoms with van der Waals surface area (Å²) >= 11 is 0.338. The second-order valence-electron chi connectivity index (χ2n) is 0.270. The topological polar surface area (TPSA) is 52.5 Å². The second-order valence-corrected chi connectivity index (χ2v) is 0.809. The van der Waals surface area contributed by atoms with Gasteiger partial charge >= 0.3 is 59.1 Å². The van der Waals surface area contributed by atoms with Crippen LogP contribution < -0.4 is 64.4 Å². The van der Waals surface area contributed by atoms with Gasteiger partial charge in [-0.2, -0.15) is 12.0 Å². The van der Waals surface area contributed by atoms with Gasteiger partial charge in [-0.05, 0) is 0 Å². The maximum atomic E-state index is 8.80. The van der Waals surface area contributed by atoms with Crippen molar-refractivity contribution in [2.45, 2.75) is 0 Å². The Hall–Kier alpha value is 2.23. The zero-order chi connectivity index (χ0) is 4.12. The van der Waals surface area contributed by atoms with E-state index in [-0.39, 0.29) is 59.1 Å². The second kappa shape index (κ2) is 15.7. The van der Waals surface area contributed by atoms with E-state index in [1.165, 1.54) is 0 Å². The molecule has 0 unspecified atom stereocenters. The van der Waals surface area contributed by atoms with Crippen molar-refractivity contribution in [1.82, 2.24) is 0 Å². The first-order chi connectivity index (χ1) is 2.41. The van der Waals surface area contributed by atoms with E-state index in [2.05, 4.69) is 4.33 Å². The largest absolute Gasteiger partial charge is 1.00 e. The van der Waals surface area contributed by atoms with Crippen molar-refractivity contribution in [3.8, 4) is 0 Å². The van der Waals surface area contributed by atoms with E-state index in [9.17, 15) is 0 Å². The average molecular weight is 140 g/mol. The van der Waals surface area contributed by atoms with Crippen LogP contribution in [-0.2, 0) is 4.33 Å². The van der Waals surface area contributed by atoms with Crippen LogP contribution in [-0.4, -0.2) is 5.11 Å². The van der Waals surface area contributed by atoms with Crippen LogP contribution in [0.2, 0.25) is 0 Å². The standard InChI is InChI=1S/CH3O3S.2Na/c2-1-5-4-3;;/h1-3H;;/q-1;2*+1/p-1. The number of rotatable bonds is 2. The van der Waals surface area contributed by atoms with Gasteiger partial charge in [0.1, 0.15) is 0 Å². The fraction of sp³-hybridized carbons (Fsp3) is 0. The Morgan fingerprint density at radius 3 is 2.00 bits per heavy atom. The first-order valence-electron chi connectivity index (χ1n) is 0.827. The summed E-state index contributed by atoms with van der Waals surface area (Å²) < 4.78 is 3.05. The monoisotopic (exact) mass is 140 g/mol. The molecule has 0 aliphatic carbocycles. The van der Waals surface area contributed by atoms with Crippen molar-refractivity contribution in [1.29, 1.82) is 0 Å². The van der Waals surface area contributed by atoms with E-state index in [1.54, 1.807) is 0 Å².